The van der Waals surface area contributed by atoms with E-state index in [0.717, 1.165) is 18.8 Å². The lowest BCUT2D eigenvalue weighted by atomic mass is 10.3. The molecule has 1 aromatic heterocycles. The summed E-state index contributed by atoms with van der Waals surface area (Å²) in [7, 11) is 0. The fourth-order valence-corrected chi connectivity index (χ4v) is 2.02. The van der Waals surface area contributed by atoms with Gasteiger partial charge in [0.15, 0.2) is 11.6 Å². The predicted molar refractivity (Wildman–Crippen MR) is 74.7 cm³/mol. The molecule has 2 heterocycles. The lowest BCUT2D eigenvalue weighted by Crippen LogP contribution is -2.37. The highest BCUT2D eigenvalue weighted by atomic mass is 19.1. The van der Waals surface area contributed by atoms with Crippen LogP contribution >= 0.6 is 0 Å². The van der Waals surface area contributed by atoms with Gasteiger partial charge in [0.2, 0.25) is 5.95 Å². The maximum absolute atomic E-state index is 13.8. The number of nitrogens with one attached hydrogen (secondary N) is 1. The van der Waals surface area contributed by atoms with Gasteiger partial charge in [0, 0.05) is 18.8 Å². The molecule has 1 N–H and O–H groups in total. The summed E-state index contributed by atoms with van der Waals surface area (Å²) in [6.07, 6.45) is 1.20. The van der Waals surface area contributed by atoms with Crippen LogP contribution in [-0.2, 0) is 4.74 Å². The Labute approximate surface area is 116 Å². The summed E-state index contributed by atoms with van der Waals surface area (Å²) >= 11 is 0. The van der Waals surface area contributed by atoms with Crippen molar-refractivity contribution in [2.75, 3.05) is 36.5 Å². The number of aromatic nitrogens is 2. The number of anilines is 3. The van der Waals surface area contributed by atoms with Crippen LogP contribution < -0.4 is 10.2 Å². The van der Waals surface area contributed by atoms with Crippen molar-refractivity contribution in [1.82, 2.24) is 9.97 Å². The highest BCUT2D eigenvalue weighted by molar-refractivity contribution is 5.57. The van der Waals surface area contributed by atoms with Gasteiger partial charge in [-0.2, -0.15) is 4.98 Å². The molecule has 5 nitrogen and oxygen atoms in total. The van der Waals surface area contributed by atoms with Crippen LogP contribution in [0.5, 0.6) is 0 Å². The van der Waals surface area contributed by atoms with Gasteiger partial charge in [-0.15, -0.1) is 0 Å². The van der Waals surface area contributed by atoms with Gasteiger partial charge in [0.1, 0.15) is 0 Å². The quantitative estimate of drug-likeness (QED) is 0.929. The van der Waals surface area contributed by atoms with Crippen molar-refractivity contribution < 1.29 is 9.13 Å². The first-order valence-corrected chi connectivity index (χ1v) is 6.50. The molecule has 1 fully saturated rings. The largest absolute Gasteiger partial charge is 0.378 e. The van der Waals surface area contributed by atoms with E-state index in [9.17, 15) is 4.39 Å². The Morgan fingerprint density at radius 2 is 1.90 bits per heavy atom. The Balaban J connectivity index is 1.83. The third-order valence-electron chi connectivity index (χ3n) is 3.06. The van der Waals surface area contributed by atoms with Crippen molar-refractivity contribution >= 4 is 17.5 Å². The minimum absolute atomic E-state index is 0.188. The number of hydrogen-bond donors (Lipinski definition) is 1. The SMILES string of the molecule is Fc1cnc(N2CCOCC2)nc1Nc1ccccc1. The van der Waals surface area contributed by atoms with Crippen molar-refractivity contribution in [3.05, 3.63) is 42.3 Å². The zero-order valence-electron chi connectivity index (χ0n) is 10.9. The van der Waals surface area contributed by atoms with Gasteiger partial charge in [-0.05, 0) is 12.1 Å². The van der Waals surface area contributed by atoms with E-state index in [1.54, 1.807) is 0 Å². The van der Waals surface area contributed by atoms with E-state index in [1.807, 2.05) is 35.2 Å². The van der Waals surface area contributed by atoms with Crippen LogP contribution in [-0.4, -0.2) is 36.3 Å². The number of morpholine rings is 1. The number of rotatable bonds is 3. The van der Waals surface area contributed by atoms with Crippen molar-refractivity contribution in [2.45, 2.75) is 0 Å². The summed E-state index contributed by atoms with van der Waals surface area (Å²) < 4.78 is 19.1. The summed E-state index contributed by atoms with van der Waals surface area (Å²) in [4.78, 5) is 10.3. The average Bonchev–Trinajstić information content (AvgIpc) is 2.51. The van der Waals surface area contributed by atoms with E-state index in [-0.39, 0.29) is 5.82 Å². The van der Waals surface area contributed by atoms with Crippen molar-refractivity contribution in [2.24, 2.45) is 0 Å². The fourth-order valence-electron chi connectivity index (χ4n) is 2.02. The molecular weight excluding hydrogens is 259 g/mol. The number of para-hydroxylation sites is 1. The Hall–Kier alpha value is -2.21. The van der Waals surface area contributed by atoms with E-state index in [4.69, 9.17) is 4.74 Å². The molecule has 0 bridgehead atoms. The lowest BCUT2D eigenvalue weighted by molar-refractivity contribution is 0.122. The number of benzene rings is 1. The fraction of sp³-hybridized carbons (Fsp3) is 0.286. The minimum Gasteiger partial charge on any atom is -0.378 e. The van der Waals surface area contributed by atoms with Gasteiger partial charge in [-0.25, -0.2) is 9.37 Å². The Morgan fingerprint density at radius 3 is 2.65 bits per heavy atom. The zero-order chi connectivity index (χ0) is 13.8. The summed E-state index contributed by atoms with van der Waals surface area (Å²) in [5.74, 6) is 0.242. The molecule has 0 spiro atoms. The van der Waals surface area contributed by atoms with Gasteiger partial charge in [0.05, 0.1) is 19.4 Å². The number of ether oxygens (including phenoxy) is 1. The molecule has 1 saturated heterocycles. The molecule has 0 atom stereocenters. The van der Waals surface area contributed by atoms with Crippen LogP contribution in [0.25, 0.3) is 0 Å². The lowest BCUT2D eigenvalue weighted by Gasteiger charge is -2.26. The molecule has 2 aromatic rings. The molecule has 1 aliphatic heterocycles. The van der Waals surface area contributed by atoms with Crippen LogP contribution in [0.3, 0.4) is 0 Å². The number of halogens is 1. The van der Waals surface area contributed by atoms with E-state index in [1.165, 1.54) is 6.20 Å². The van der Waals surface area contributed by atoms with Gasteiger partial charge in [0.25, 0.3) is 0 Å². The summed E-state index contributed by atoms with van der Waals surface area (Å²) in [6.45, 7) is 2.72. The molecule has 6 heteroatoms. The minimum atomic E-state index is -0.467. The molecule has 20 heavy (non-hydrogen) atoms. The van der Waals surface area contributed by atoms with Gasteiger partial charge >= 0.3 is 0 Å². The monoisotopic (exact) mass is 274 g/mol. The van der Waals surface area contributed by atoms with Crippen LogP contribution in [0.4, 0.5) is 21.8 Å². The highest BCUT2D eigenvalue weighted by Gasteiger charge is 2.16. The first kappa shape index (κ1) is 12.8. The molecule has 0 aliphatic carbocycles. The van der Waals surface area contributed by atoms with Crippen LogP contribution in [0.15, 0.2) is 36.5 Å². The van der Waals surface area contributed by atoms with Crippen LogP contribution in [0.2, 0.25) is 0 Å². The Bertz CT molecular complexity index is 573. The molecular formula is C14H15FN4O. The topological polar surface area (TPSA) is 50.3 Å². The summed E-state index contributed by atoms with van der Waals surface area (Å²) in [6, 6.07) is 9.38. The molecule has 0 unspecified atom stereocenters. The van der Waals surface area contributed by atoms with Crippen LogP contribution in [0.1, 0.15) is 0 Å². The van der Waals surface area contributed by atoms with Crippen LogP contribution in [0, 0.1) is 5.82 Å². The second-order valence-electron chi connectivity index (χ2n) is 4.46. The first-order valence-electron chi connectivity index (χ1n) is 6.50. The highest BCUT2D eigenvalue weighted by Crippen LogP contribution is 2.20. The van der Waals surface area contributed by atoms with Crippen molar-refractivity contribution in [1.29, 1.82) is 0 Å². The normalized spacial score (nSPS) is 15.2. The average molecular weight is 274 g/mol. The van der Waals surface area contributed by atoms with Gasteiger partial charge in [-0.3, -0.25) is 0 Å². The third kappa shape index (κ3) is 2.85. The zero-order valence-corrected chi connectivity index (χ0v) is 10.9. The Morgan fingerprint density at radius 1 is 1.15 bits per heavy atom. The van der Waals surface area contributed by atoms with Gasteiger partial charge < -0.3 is 15.0 Å². The second kappa shape index (κ2) is 5.83. The molecule has 0 radical (unpaired) electrons. The third-order valence-corrected chi connectivity index (χ3v) is 3.06. The standard InChI is InChI=1S/C14H15FN4O/c15-12-10-16-14(19-6-8-20-9-7-19)18-13(12)17-11-4-2-1-3-5-11/h1-5,10H,6-9H2,(H,16,17,18). The van der Waals surface area contributed by atoms with E-state index < -0.39 is 5.82 Å². The summed E-state index contributed by atoms with van der Waals surface area (Å²) in [5.41, 5.74) is 0.790. The molecule has 3 rings (SSSR count). The predicted octanol–water partition coefficient (Wildman–Crippen LogP) is 2.20. The molecule has 0 amide bonds. The molecule has 1 aromatic carbocycles. The summed E-state index contributed by atoms with van der Waals surface area (Å²) in [5, 5.41) is 2.97. The van der Waals surface area contributed by atoms with E-state index >= 15 is 0 Å². The van der Waals surface area contributed by atoms with E-state index in [0.29, 0.717) is 19.2 Å². The second-order valence-corrected chi connectivity index (χ2v) is 4.46. The molecule has 0 saturated carbocycles. The smallest absolute Gasteiger partial charge is 0.227 e. The van der Waals surface area contributed by atoms with Crippen molar-refractivity contribution in [3.63, 3.8) is 0 Å². The maximum atomic E-state index is 13.8. The maximum Gasteiger partial charge on any atom is 0.227 e. The Kier molecular flexibility index (Phi) is 3.73. The molecule has 104 valence electrons. The van der Waals surface area contributed by atoms with Crippen molar-refractivity contribution in [3.8, 4) is 0 Å². The number of nitrogens with zero attached hydrogens (tertiary/aromatic N) is 3. The van der Waals surface area contributed by atoms with Gasteiger partial charge in [-0.1, -0.05) is 18.2 Å². The number of hydrogen-bond acceptors (Lipinski definition) is 5. The van der Waals surface area contributed by atoms with E-state index in [2.05, 4.69) is 15.3 Å². The molecule has 1 aliphatic rings. The first-order chi connectivity index (χ1) is 9.83.